The number of hydrogen-bond donors (Lipinski definition) is 2. The molecule has 6 heteroatoms. The number of piperazine rings is 1. The third kappa shape index (κ3) is 3.72. The molecule has 0 saturated carbocycles. The molecule has 1 amide bonds. The Labute approximate surface area is 160 Å². The molecule has 0 bridgehead atoms. The van der Waals surface area contributed by atoms with Gasteiger partial charge in [0.05, 0.1) is 6.04 Å². The number of carboxylic acid groups (broad SMARTS) is 1. The first kappa shape index (κ1) is 19.4. The molecule has 0 radical (unpaired) electrons. The number of carbonyl (C=O) groups is 2. The topological polar surface area (TPSA) is 78.9 Å². The quantitative estimate of drug-likeness (QED) is 0.834. The van der Waals surface area contributed by atoms with E-state index in [2.05, 4.69) is 24.4 Å². The van der Waals surface area contributed by atoms with Crippen LogP contribution in [0, 0.1) is 6.92 Å². The van der Waals surface area contributed by atoms with Crippen molar-refractivity contribution in [3.63, 3.8) is 0 Å². The molecular weight excluding hydrogens is 344 g/mol. The van der Waals surface area contributed by atoms with Crippen LogP contribution in [0.1, 0.15) is 50.3 Å². The van der Waals surface area contributed by atoms with E-state index in [4.69, 9.17) is 4.74 Å². The van der Waals surface area contributed by atoms with Crippen molar-refractivity contribution >= 4 is 17.6 Å². The molecule has 2 N–H and O–H groups in total. The molecule has 27 heavy (non-hydrogen) atoms. The first-order valence-electron chi connectivity index (χ1n) is 9.34. The minimum atomic E-state index is -0.958. The molecule has 3 rings (SSSR count). The van der Waals surface area contributed by atoms with Gasteiger partial charge in [0.2, 0.25) is 0 Å². The van der Waals surface area contributed by atoms with Crippen molar-refractivity contribution in [1.82, 2.24) is 10.2 Å². The molecule has 1 fully saturated rings. The molecular formula is C21H28N2O4. The van der Waals surface area contributed by atoms with Crippen molar-refractivity contribution in [2.75, 3.05) is 13.1 Å². The Morgan fingerprint density at radius 3 is 2.59 bits per heavy atom. The minimum absolute atomic E-state index is 0.193. The number of hydrogen-bond acceptors (Lipinski definition) is 4. The number of aryl methyl sites for hydroxylation is 1. The predicted molar refractivity (Wildman–Crippen MR) is 104 cm³/mol. The van der Waals surface area contributed by atoms with Crippen molar-refractivity contribution in [1.29, 1.82) is 0 Å². The highest BCUT2D eigenvalue weighted by Crippen LogP contribution is 2.42. The lowest BCUT2D eigenvalue weighted by atomic mass is 9.85. The molecule has 0 spiro atoms. The zero-order valence-corrected chi connectivity index (χ0v) is 16.6. The van der Waals surface area contributed by atoms with E-state index >= 15 is 0 Å². The van der Waals surface area contributed by atoms with Gasteiger partial charge in [-0.05, 0) is 56.9 Å². The van der Waals surface area contributed by atoms with Crippen LogP contribution in [0.3, 0.4) is 0 Å². The van der Waals surface area contributed by atoms with Crippen LogP contribution in [0.4, 0.5) is 4.79 Å². The second-order valence-corrected chi connectivity index (χ2v) is 8.35. The van der Waals surface area contributed by atoms with Crippen LogP contribution in [0.25, 0.3) is 5.57 Å². The van der Waals surface area contributed by atoms with E-state index in [9.17, 15) is 14.7 Å². The average molecular weight is 372 g/mol. The lowest BCUT2D eigenvalue weighted by molar-refractivity contribution is -0.142. The van der Waals surface area contributed by atoms with Gasteiger partial charge in [-0.3, -0.25) is 4.79 Å². The number of benzene rings is 1. The predicted octanol–water partition coefficient (Wildman–Crippen LogP) is 3.16. The van der Waals surface area contributed by atoms with Gasteiger partial charge in [-0.2, -0.15) is 0 Å². The summed E-state index contributed by atoms with van der Waals surface area (Å²) in [6, 6.07) is 4.66. The molecule has 1 aliphatic carbocycles. The molecule has 1 aromatic carbocycles. The van der Waals surface area contributed by atoms with Crippen molar-refractivity contribution in [3.8, 4) is 0 Å². The number of carboxylic acids is 1. The smallest absolute Gasteiger partial charge is 0.410 e. The van der Waals surface area contributed by atoms with Gasteiger partial charge < -0.3 is 20.1 Å². The second kappa shape index (κ2) is 7.00. The molecule has 1 heterocycles. The monoisotopic (exact) mass is 372 g/mol. The highest BCUT2D eigenvalue weighted by atomic mass is 16.6. The number of amides is 1. The maximum Gasteiger partial charge on any atom is 0.410 e. The molecule has 1 aromatic rings. The lowest BCUT2D eigenvalue weighted by Crippen LogP contribution is -2.64. The summed E-state index contributed by atoms with van der Waals surface area (Å²) in [6.07, 6.45) is 1.62. The van der Waals surface area contributed by atoms with Crippen LogP contribution in [0.15, 0.2) is 24.3 Å². The summed E-state index contributed by atoms with van der Waals surface area (Å²) in [5.41, 5.74) is 3.86. The number of aliphatic carboxylic acids is 1. The van der Waals surface area contributed by atoms with Crippen LogP contribution in [0.5, 0.6) is 0 Å². The Hall–Kier alpha value is -2.34. The van der Waals surface area contributed by atoms with Crippen LogP contribution >= 0.6 is 0 Å². The highest BCUT2D eigenvalue weighted by molar-refractivity contribution is 5.81. The molecule has 6 nitrogen and oxygen atoms in total. The van der Waals surface area contributed by atoms with Gasteiger partial charge in [0.15, 0.2) is 0 Å². The number of rotatable bonds is 2. The van der Waals surface area contributed by atoms with Crippen LogP contribution in [0.2, 0.25) is 0 Å². The maximum absolute atomic E-state index is 12.9. The van der Waals surface area contributed by atoms with E-state index in [1.165, 1.54) is 0 Å². The van der Waals surface area contributed by atoms with E-state index in [0.717, 1.165) is 22.3 Å². The number of fused-ring (bicyclic) bond motifs is 1. The van der Waals surface area contributed by atoms with Gasteiger partial charge in [-0.25, -0.2) is 4.79 Å². The molecule has 0 aromatic heterocycles. The first-order chi connectivity index (χ1) is 12.6. The van der Waals surface area contributed by atoms with Gasteiger partial charge in [0.25, 0.3) is 0 Å². The molecule has 3 unspecified atom stereocenters. The minimum Gasteiger partial charge on any atom is -0.480 e. The van der Waals surface area contributed by atoms with Crippen molar-refractivity contribution < 1.29 is 19.4 Å². The van der Waals surface area contributed by atoms with Crippen LogP contribution < -0.4 is 5.32 Å². The summed E-state index contributed by atoms with van der Waals surface area (Å²) in [5.74, 6) is -1.15. The fraction of sp³-hybridized carbons (Fsp3) is 0.524. The fourth-order valence-corrected chi connectivity index (χ4v) is 4.19. The fourth-order valence-electron chi connectivity index (χ4n) is 4.19. The normalized spacial score (nSPS) is 25.0. The molecule has 1 saturated heterocycles. The van der Waals surface area contributed by atoms with Gasteiger partial charge in [0, 0.05) is 19.0 Å². The number of allylic oxidation sites excluding steroid dienone is 1. The molecule has 3 atom stereocenters. The third-order valence-electron chi connectivity index (χ3n) is 5.17. The maximum atomic E-state index is 12.9. The Bertz CT molecular complexity index is 794. The van der Waals surface area contributed by atoms with E-state index in [-0.39, 0.29) is 5.92 Å². The average Bonchev–Trinajstić information content (AvgIpc) is 2.90. The summed E-state index contributed by atoms with van der Waals surface area (Å²) >= 11 is 0. The van der Waals surface area contributed by atoms with Crippen LogP contribution in [-0.2, 0) is 9.53 Å². The molecule has 2 aliphatic rings. The van der Waals surface area contributed by atoms with Gasteiger partial charge in [-0.1, -0.05) is 24.3 Å². The molecule has 146 valence electrons. The summed E-state index contributed by atoms with van der Waals surface area (Å²) in [4.78, 5) is 26.4. The number of carbonyl (C=O) groups excluding carboxylic acids is 1. The second-order valence-electron chi connectivity index (χ2n) is 8.35. The van der Waals surface area contributed by atoms with Gasteiger partial charge in [0.1, 0.15) is 11.6 Å². The standard InChI is InChI=1S/C21H28N2O4/c1-12-7-6-8-14-15(11-13(2)16(12)14)18-17(19(24)25)22-9-10-23(18)20(26)27-21(3,4)5/h6-8,11,15,17-18,22H,9-10H2,1-5H3,(H,24,25). The van der Waals surface area contributed by atoms with E-state index in [1.54, 1.807) is 4.90 Å². The Morgan fingerprint density at radius 1 is 1.26 bits per heavy atom. The SMILES string of the molecule is CC1=CC(C2C(C(=O)O)NCCN2C(=O)OC(C)(C)C)c2cccc(C)c21. The summed E-state index contributed by atoms with van der Waals surface area (Å²) in [6.45, 7) is 10.4. The van der Waals surface area contributed by atoms with Gasteiger partial charge >= 0.3 is 12.1 Å². The van der Waals surface area contributed by atoms with Crippen molar-refractivity contribution in [2.45, 2.75) is 58.2 Å². The molecule has 1 aliphatic heterocycles. The van der Waals surface area contributed by atoms with E-state index < -0.39 is 29.7 Å². The number of nitrogens with one attached hydrogen (secondary N) is 1. The van der Waals surface area contributed by atoms with Gasteiger partial charge in [-0.15, -0.1) is 0 Å². The zero-order chi connectivity index (χ0) is 19.9. The number of nitrogens with zero attached hydrogens (tertiary/aromatic N) is 1. The van der Waals surface area contributed by atoms with E-state index in [1.807, 2.05) is 39.8 Å². The zero-order valence-electron chi connectivity index (χ0n) is 16.6. The first-order valence-corrected chi connectivity index (χ1v) is 9.34. The summed E-state index contributed by atoms with van der Waals surface area (Å²) < 4.78 is 5.58. The van der Waals surface area contributed by atoms with Crippen LogP contribution in [-0.4, -0.2) is 52.8 Å². The largest absolute Gasteiger partial charge is 0.480 e. The lowest BCUT2D eigenvalue weighted by Gasteiger charge is -2.43. The Morgan fingerprint density at radius 2 is 1.96 bits per heavy atom. The van der Waals surface area contributed by atoms with Crippen molar-refractivity contribution in [2.24, 2.45) is 0 Å². The Kier molecular flexibility index (Phi) is 5.04. The van der Waals surface area contributed by atoms with Crippen molar-refractivity contribution in [3.05, 3.63) is 41.0 Å². The Balaban J connectivity index is 2.04. The number of ether oxygens (including phenoxy) is 1. The van der Waals surface area contributed by atoms with E-state index in [0.29, 0.717) is 13.1 Å². The third-order valence-corrected chi connectivity index (χ3v) is 5.17. The summed E-state index contributed by atoms with van der Waals surface area (Å²) in [5, 5.41) is 12.9. The highest BCUT2D eigenvalue weighted by Gasteiger charge is 2.46. The summed E-state index contributed by atoms with van der Waals surface area (Å²) in [7, 11) is 0.